The average molecular weight is 1080 g/mol. The van der Waals surface area contributed by atoms with Crippen molar-refractivity contribution in [3.63, 3.8) is 0 Å². The third-order valence-electron chi connectivity index (χ3n) is 22.1. The van der Waals surface area contributed by atoms with Crippen molar-refractivity contribution in [2.45, 2.75) is 234 Å². The van der Waals surface area contributed by atoms with E-state index in [-0.39, 0.29) is 28.6 Å². The third kappa shape index (κ3) is 8.49. The van der Waals surface area contributed by atoms with E-state index in [2.05, 4.69) is 34.6 Å². The fraction of sp³-hybridized carbons (Fsp3) is 0.981. The number of carboxylic acids is 1. The van der Waals surface area contributed by atoms with Crippen molar-refractivity contribution in [3.05, 3.63) is 0 Å². The molecule has 5 saturated heterocycles. The summed E-state index contributed by atoms with van der Waals surface area (Å²) in [4.78, 5) is 12.8. The monoisotopic (exact) mass is 1080 g/mol. The Kier molecular flexibility index (Phi) is 15.1. The second kappa shape index (κ2) is 20.0. The predicted octanol–water partition coefficient (Wildman–Crippen LogP) is -2.01. The highest BCUT2D eigenvalue weighted by atomic mass is 16.8. The molecule has 29 atom stereocenters. The maximum Gasteiger partial charge on any atom is 0.309 e. The predicted molar refractivity (Wildman–Crippen MR) is 252 cm³/mol. The van der Waals surface area contributed by atoms with Gasteiger partial charge in [-0.05, 0) is 105 Å². The maximum absolute atomic E-state index is 12.8. The van der Waals surface area contributed by atoms with Gasteiger partial charge in [0.15, 0.2) is 25.2 Å². The second-order valence-corrected chi connectivity index (χ2v) is 25.9. The van der Waals surface area contributed by atoms with E-state index in [0.29, 0.717) is 38.7 Å². The van der Waals surface area contributed by atoms with Crippen molar-refractivity contribution in [1.29, 1.82) is 0 Å². The lowest BCUT2D eigenvalue weighted by molar-refractivity contribution is -0.392. The first-order chi connectivity index (χ1) is 35.2. The van der Waals surface area contributed by atoms with Gasteiger partial charge in [-0.25, -0.2) is 0 Å². The summed E-state index contributed by atoms with van der Waals surface area (Å²) in [7, 11) is 0. The van der Waals surface area contributed by atoms with Crippen LogP contribution in [0.15, 0.2) is 0 Å². The van der Waals surface area contributed by atoms with Crippen LogP contribution in [0.1, 0.15) is 106 Å². The zero-order valence-electron chi connectivity index (χ0n) is 43.8. The fourth-order valence-corrected chi connectivity index (χ4v) is 17.4. The van der Waals surface area contributed by atoms with Crippen LogP contribution < -0.4 is 0 Å². The van der Waals surface area contributed by atoms with Crippen LogP contribution in [-0.4, -0.2) is 234 Å². The Morgan fingerprint density at radius 1 is 0.560 bits per heavy atom. The Bertz CT molecular complexity index is 2070. The number of ether oxygens (including phenoxy) is 9. The van der Waals surface area contributed by atoms with Crippen molar-refractivity contribution in [2.24, 2.45) is 50.2 Å². The number of hydrogen-bond donors (Lipinski definition) is 13. The molecule has 13 N–H and O–H groups in total. The number of fused-ring (bicyclic) bond motifs is 4. The van der Waals surface area contributed by atoms with E-state index in [1.165, 1.54) is 0 Å². The molecule has 23 nitrogen and oxygen atoms in total. The van der Waals surface area contributed by atoms with Crippen LogP contribution in [0, 0.1) is 50.2 Å². The second-order valence-electron chi connectivity index (χ2n) is 25.9. The lowest BCUT2D eigenvalue weighted by Gasteiger charge is -2.75. The van der Waals surface area contributed by atoms with Crippen LogP contribution in [0.25, 0.3) is 0 Å². The molecule has 75 heavy (non-hydrogen) atoms. The molecule has 2 bridgehead atoms. The van der Waals surface area contributed by atoms with Crippen LogP contribution in [0.2, 0.25) is 0 Å². The minimum absolute atomic E-state index is 0.0913. The van der Waals surface area contributed by atoms with E-state index in [0.717, 1.165) is 32.1 Å². The molecular formula is C52H84O23. The number of aliphatic carboxylic acids is 1. The zero-order valence-corrected chi connectivity index (χ0v) is 43.8. The lowest BCUT2D eigenvalue weighted by atomic mass is 9.30. The highest BCUT2D eigenvalue weighted by molar-refractivity contribution is 5.74. The lowest BCUT2D eigenvalue weighted by Crippen LogP contribution is -2.74. The van der Waals surface area contributed by atoms with Gasteiger partial charge < -0.3 is 109 Å². The van der Waals surface area contributed by atoms with Crippen LogP contribution in [0.5, 0.6) is 0 Å². The molecule has 1 spiro atoms. The highest BCUT2D eigenvalue weighted by Crippen LogP contribution is 2.80. The largest absolute Gasteiger partial charge is 0.481 e. The zero-order chi connectivity index (χ0) is 54.3. The maximum atomic E-state index is 12.8. The molecule has 5 aliphatic heterocycles. The molecule has 0 unspecified atom stereocenters. The molecule has 0 amide bonds. The molecule has 10 fully saturated rings. The third-order valence-corrected chi connectivity index (χ3v) is 22.1. The number of aliphatic hydroxyl groups is 12. The average Bonchev–Trinajstić information content (AvgIpc) is 3.85. The topological polar surface area (TPSA) is 363 Å². The molecule has 0 aromatic rings. The van der Waals surface area contributed by atoms with Gasteiger partial charge in [0.25, 0.3) is 0 Å². The van der Waals surface area contributed by atoms with E-state index in [1.54, 1.807) is 0 Å². The van der Waals surface area contributed by atoms with E-state index in [4.69, 9.17) is 42.6 Å². The van der Waals surface area contributed by atoms with Gasteiger partial charge in [0, 0.05) is 10.8 Å². The van der Waals surface area contributed by atoms with Crippen LogP contribution >= 0.6 is 0 Å². The van der Waals surface area contributed by atoms with Crippen LogP contribution in [0.3, 0.4) is 0 Å². The molecule has 0 aromatic carbocycles. The Hall–Kier alpha value is -1.37. The van der Waals surface area contributed by atoms with Crippen molar-refractivity contribution in [3.8, 4) is 0 Å². The van der Waals surface area contributed by atoms with E-state index in [9.17, 15) is 71.2 Å². The van der Waals surface area contributed by atoms with Crippen molar-refractivity contribution >= 4 is 5.97 Å². The SMILES string of the molecule is CC1(C)[C@@H](O[C@@H]2OC[C@H](O[C@@H]3O[C@H](CO)[C@@H](O)[C@H](O)[C@H]3O[C@@H]3OC[C@@H](O)[C@H](O)[C@H]3O)[C@H](O)[C@H]2O[C@@H]2O[C@H](CO)[C@@H](O)[C@H](O)[C@H]2O)CC[C@]2(C)[C@H]3CC[C@]45OC[C@@]6(CC[C@](C)(C(=O)O)C[C@H]64)[C@H](O)C[C@@]5(C)[C@]3(C)CC[C@@H]12. The van der Waals surface area contributed by atoms with E-state index < -0.39 is 182 Å². The molecule has 5 heterocycles. The summed E-state index contributed by atoms with van der Waals surface area (Å²) in [6, 6.07) is 0. The smallest absolute Gasteiger partial charge is 0.309 e. The van der Waals surface area contributed by atoms with Gasteiger partial charge in [-0.3, -0.25) is 4.79 Å². The first-order valence-electron chi connectivity index (χ1n) is 27.2. The summed E-state index contributed by atoms with van der Waals surface area (Å²) in [6.45, 7) is 11.2. The number of rotatable bonds is 11. The van der Waals surface area contributed by atoms with Gasteiger partial charge in [0.2, 0.25) is 0 Å². The molecular weight excluding hydrogens is 993 g/mol. The van der Waals surface area contributed by atoms with Gasteiger partial charge in [-0.15, -0.1) is 0 Å². The number of aliphatic hydroxyl groups excluding tert-OH is 12. The molecule has 5 aliphatic carbocycles. The molecule has 5 saturated carbocycles. The summed E-state index contributed by atoms with van der Waals surface area (Å²) in [5.74, 6) is -0.601. The number of carboxylic acid groups (broad SMARTS) is 1. The quantitative estimate of drug-likeness (QED) is 0.0995. The van der Waals surface area contributed by atoms with Gasteiger partial charge in [0.05, 0.1) is 56.3 Å². The van der Waals surface area contributed by atoms with Crippen molar-refractivity contribution < 1.29 is 114 Å². The van der Waals surface area contributed by atoms with Crippen LogP contribution in [0.4, 0.5) is 0 Å². The molecule has 10 aliphatic rings. The Balaban J connectivity index is 0.901. The molecule has 430 valence electrons. The minimum Gasteiger partial charge on any atom is -0.481 e. The highest BCUT2D eigenvalue weighted by Gasteiger charge is 2.80. The Morgan fingerprint density at radius 3 is 1.85 bits per heavy atom. The molecule has 10 rings (SSSR count). The van der Waals surface area contributed by atoms with E-state index in [1.807, 2.05) is 6.92 Å². The molecule has 0 radical (unpaired) electrons. The van der Waals surface area contributed by atoms with Crippen molar-refractivity contribution in [2.75, 3.05) is 33.0 Å². The van der Waals surface area contributed by atoms with Gasteiger partial charge in [0.1, 0.15) is 85.5 Å². The normalized spacial score (nSPS) is 57.5. The standard InChI is InChI=1S/C52H84O23/c1-46(2)26-7-11-49(5)27(8-12-52-28-15-47(3,45(65)66)13-14-51(28,21-69-52)29(56)16-50(49,52)6)48(26,4)10-9-30(46)73-43-39(75-42-38(64)35(61)32(58)23(17-53)70-42)34(60)25(20-68-43)72-44-40(36(62)33(59)24(18-54)71-44)74-41-37(63)31(57)22(55)19-67-41/h22-44,53-64H,7-21H2,1-6H3,(H,65,66)/t22-,23-,24-,25+,26+,27-,28-,29-,30+,31+,32-,33-,34+,35+,36+,37-,38-,39-,40-,41+,42+,43+,44+,47+,48+,49-,50+,51-,52+/m1/s1. The summed E-state index contributed by atoms with van der Waals surface area (Å²) in [5.41, 5.74) is -3.48. The summed E-state index contributed by atoms with van der Waals surface area (Å²) < 4.78 is 55.8. The first-order valence-corrected chi connectivity index (χ1v) is 27.2. The van der Waals surface area contributed by atoms with Gasteiger partial charge >= 0.3 is 5.97 Å². The van der Waals surface area contributed by atoms with E-state index >= 15 is 0 Å². The van der Waals surface area contributed by atoms with Gasteiger partial charge in [-0.1, -0.05) is 34.6 Å². The van der Waals surface area contributed by atoms with Crippen molar-refractivity contribution in [1.82, 2.24) is 0 Å². The van der Waals surface area contributed by atoms with Gasteiger partial charge in [-0.2, -0.15) is 0 Å². The summed E-state index contributed by atoms with van der Waals surface area (Å²) in [6.07, 6.45) is -24.6. The first kappa shape index (κ1) is 56.9. The Labute approximate surface area is 436 Å². The minimum atomic E-state index is -1.90. The number of hydrogen-bond acceptors (Lipinski definition) is 22. The van der Waals surface area contributed by atoms with Crippen LogP contribution in [-0.2, 0) is 47.4 Å². The summed E-state index contributed by atoms with van der Waals surface area (Å²) in [5, 5.41) is 141. The molecule has 0 aromatic heterocycles. The Morgan fingerprint density at radius 2 is 1.17 bits per heavy atom. The fourth-order valence-electron chi connectivity index (χ4n) is 17.4. The number of carbonyl (C=O) groups is 1. The summed E-state index contributed by atoms with van der Waals surface area (Å²) >= 11 is 0. The molecule has 23 heteroatoms.